The molecule has 0 saturated heterocycles. The van der Waals surface area contributed by atoms with Crippen molar-refractivity contribution in [1.82, 2.24) is 5.32 Å². The lowest BCUT2D eigenvalue weighted by atomic mass is 10.00. The molecule has 0 aliphatic carbocycles. The van der Waals surface area contributed by atoms with Gasteiger partial charge in [-0.1, -0.05) is 6.58 Å². The molecule has 16 heavy (non-hydrogen) atoms. The van der Waals surface area contributed by atoms with Crippen LogP contribution >= 0.6 is 0 Å². The second-order valence-corrected chi connectivity index (χ2v) is 5.30. The van der Waals surface area contributed by atoms with E-state index in [0.717, 1.165) is 24.0 Å². The number of nitrogens with zero attached hydrogens (tertiary/aromatic N) is 1. The van der Waals surface area contributed by atoms with Gasteiger partial charge in [0.05, 0.1) is 27.2 Å². The van der Waals surface area contributed by atoms with Crippen LogP contribution in [0.15, 0.2) is 12.7 Å². The van der Waals surface area contributed by atoms with Gasteiger partial charge in [0.25, 0.3) is 0 Å². The standard InChI is InChI=1S/C12H24N2O.BrH/c1-7-11(15)13-12(3,4)9-10-14(5,6)8-2;/h7H,1,8-10H2,2-6H3;1H. The Morgan fingerprint density at radius 2 is 1.94 bits per heavy atom. The highest BCUT2D eigenvalue weighted by Gasteiger charge is 2.23. The maximum atomic E-state index is 11.2. The molecule has 0 aliphatic heterocycles. The minimum Gasteiger partial charge on any atom is -1.00 e. The molecule has 0 unspecified atom stereocenters. The van der Waals surface area contributed by atoms with E-state index in [1.807, 2.05) is 13.8 Å². The van der Waals surface area contributed by atoms with Crippen LogP contribution in [0, 0.1) is 0 Å². The average molecular weight is 293 g/mol. The number of halogens is 1. The number of rotatable bonds is 6. The molecule has 0 rings (SSSR count). The number of nitrogens with one attached hydrogen (secondary N) is 1. The summed E-state index contributed by atoms with van der Waals surface area (Å²) in [6, 6.07) is 0. The van der Waals surface area contributed by atoms with Gasteiger partial charge in [0.1, 0.15) is 0 Å². The predicted octanol–water partition coefficient (Wildman–Crippen LogP) is -1.44. The molecule has 0 heterocycles. The maximum Gasteiger partial charge on any atom is 0.243 e. The van der Waals surface area contributed by atoms with Crippen LogP contribution < -0.4 is 22.3 Å². The van der Waals surface area contributed by atoms with Gasteiger partial charge < -0.3 is 26.8 Å². The fraction of sp³-hybridized carbons (Fsp3) is 0.750. The summed E-state index contributed by atoms with van der Waals surface area (Å²) in [6.07, 6.45) is 2.29. The molecule has 0 aromatic carbocycles. The van der Waals surface area contributed by atoms with Gasteiger partial charge in [0.2, 0.25) is 5.91 Å². The van der Waals surface area contributed by atoms with Crippen LogP contribution in [-0.4, -0.2) is 43.1 Å². The molecule has 0 aliphatic rings. The van der Waals surface area contributed by atoms with E-state index in [0.29, 0.717) is 0 Å². The summed E-state index contributed by atoms with van der Waals surface area (Å²) in [4.78, 5) is 11.2. The van der Waals surface area contributed by atoms with Gasteiger partial charge in [-0.25, -0.2) is 0 Å². The van der Waals surface area contributed by atoms with E-state index in [-0.39, 0.29) is 28.4 Å². The maximum absolute atomic E-state index is 11.2. The van der Waals surface area contributed by atoms with Gasteiger partial charge in [-0.3, -0.25) is 4.79 Å². The molecular weight excluding hydrogens is 268 g/mol. The van der Waals surface area contributed by atoms with Gasteiger partial charge >= 0.3 is 0 Å². The van der Waals surface area contributed by atoms with Crippen molar-refractivity contribution in [2.45, 2.75) is 32.7 Å². The van der Waals surface area contributed by atoms with Gasteiger partial charge in [-0.05, 0) is 26.8 Å². The van der Waals surface area contributed by atoms with Crippen molar-refractivity contribution >= 4 is 5.91 Å². The van der Waals surface area contributed by atoms with Crippen LogP contribution in [0.4, 0.5) is 0 Å². The SMILES string of the molecule is C=CC(=O)NC(C)(C)CC[N+](C)(C)CC.[Br-]. The van der Waals surface area contributed by atoms with E-state index in [2.05, 4.69) is 32.9 Å². The van der Waals surface area contributed by atoms with Crippen LogP contribution in [0.2, 0.25) is 0 Å². The minimum atomic E-state index is -0.157. The molecule has 0 spiro atoms. The molecule has 0 aromatic heterocycles. The molecule has 0 saturated carbocycles. The second kappa shape index (κ2) is 7.07. The number of amides is 1. The average Bonchev–Trinajstić information content (AvgIpc) is 2.14. The van der Waals surface area contributed by atoms with Gasteiger partial charge in [0.15, 0.2) is 0 Å². The predicted molar refractivity (Wildman–Crippen MR) is 64.6 cm³/mol. The first kappa shape index (κ1) is 18.0. The molecular formula is C12H25BrN2O. The molecule has 0 radical (unpaired) electrons. The highest BCUT2D eigenvalue weighted by Crippen LogP contribution is 2.11. The van der Waals surface area contributed by atoms with E-state index in [9.17, 15) is 4.79 Å². The highest BCUT2D eigenvalue weighted by molar-refractivity contribution is 5.87. The summed E-state index contributed by atoms with van der Waals surface area (Å²) < 4.78 is 0.980. The smallest absolute Gasteiger partial charge is 0.243 e. The number of quaternary nitrogens is 1. The lowest BCUT2D eigenvalue weighted by Gasteiger charge is -2.33. The van der Waals surface area contributed by atoms with Gasteiger partial charge in [-0.15, -0.1) is 0 Å². The normalized spacial score (nSPS) is 11.6. The minimum absolute atomic E-state index is 0. The lowest BCUT2D eigenvalue weighted by Crippen LogP contribution is -3.00. The zero-order valence-corrected chi connectivity index (χ0v) is 12.7. The first-order valence-electron chi connectivity index (χ1n) is 5.49. The van der Waals surface area contributed by atoms with Gasteiger partial charge in [0, 0.05) is 12.0 Å². The van der Waals surface area contributed by atoms with Crippen LogP contribution in [0.3, 0.4) is 0 Å². The summed E-state index contributed by atoms with van der Waals surface area (Å²) in [7, 11) is 4.40. The van der Waals surface area contributed by atoms with Crippen molar-refractivity contribution in [2.24, 2.45) is 0 Å². The van der Waals surface area contributed by atoms with Crippen molar-refractivity contribution in [1.29, 1.82) is 0 Å². The number of carbonyl (C=O) groups excluding carboxylic acids is 1. The van der Waals surface area contributed by atoms with E-state index >= 15 is 0 Å². The Balaban J connectivity index is 0. The number of hydrogen-bond acceptors (Lipinski definition) is 1. The van der Waals surface area contributed by atoms with E-state index in [4.69, 9.17) is 0 Å². The van der Waals surface area contributed by atoms with Crippen molar-refractivity contribution in [2.75, 3.05) is 27.2 Å². The third kappa shape index (κ3) is 7.88. The Morgan fingerprint density at radius 3 is 2.31 bits per heavy atom. The summed E-state index contributed by atoms with van der Waals surface area (Å²) in [5, 5.41) is 2.94. The van der Waals surface area contributed by atoms with Crippen LogP contribution in [0.25, 0.3) is 0 Å². The largest absolute Gasteiger partial charge is 1.00 e. The third-order valence-electron chi connectivity index (χ3n) is 2.85. The molecule has 96 valence electrons. The topological polar surface area (TPSA) is 29.1 Å². The quantitative estimate of drug-likeness (QED) is 0.472. The zero-order chi connectivity index (χ0) is 12.1. The first-order chi connectivity index (χ1) is 6.72. The molecule has 1 N–H and O–H groups in total. The van der Waals surface area contributed by atoms with Gasteiger partial charge in [-0.2, -0.15) is 0 Å². The Bertz CT molecular complexity index is 237. The van der Waals surface area contributed by atoms with Crippen molar-refractivity contribution in [3.63, 3.8) is 0 Å². The van der Waals surface area contributed by atoms with Crippen LogP contribution in [-0.2, 0) is 4.79 Å². The summed E-state index contributed by atoms with van der Waals surface area (Å²) in [6.45, 7) is 11.9. The summed E-state index contributed by atoms with van der Waals surface area (Å²) in [5.74, 6) is -0.0956. The van der Waals surface area contributed by atoms with E-state index in [1.54, 1.807) is 0 Å². The van der Waals surface area contributed by atoms with E-state index < -0.39 is 0 Å². The third-order valence-corrected chi connectivity index (χ3v) is 2.85. The fourth-order valence-corrected chi connectivity index (χ4v) is 1.19. The molecule has 0 atom stereocenters. The Kier molecular flexibility index (Phi) is 7.96. The Hall–Kier alpha value is -0.350. The Labute approximate surface area is 110 Å². The molecule has 1 amide bonds. The van der Waals surface area contributed by atoms with E-state index in [1.165, 1.54) is 6.08 Å². The van der Waals surface area contributed by atoms with Crippen LogP contribution in [0.5, 0.6) is 0 Å². The Morgan fingerprint density at radius 1 is 1.44 bits per heavy atom. The monoisotopic (exact) mass is 292 g/mol. The molecule has 0 aromatic rings. The highest BCUT2D eigenvalue weighted by atomic mass is 79.9. The van der Waals surface area contributed by atoms with Crippen molar-refractivity contribution < 1.29 is 26.3 Å². The summed E-state index contributed by atoms with van der Waals surface area (Å²) in [5.41, 5.74) is -0.157. The zero-order valence-electron chi connectivity index (χ0n) is 11.1. The van der Waals surface area contributed by atoms with Crippen molar-refractivity contribution in [3.05, 3.63) is 12.7 Å². The lowest BCUT2D eigenvalue weighted by molar-refractivity contribution is -0.889. The fourth-order valence-electron chi connectivity index (χ4n) is 1.19. The number of hydrogen-bond donors (Lipinski definition) is 1. The molecule has 0 fully saturated rings. The molecule has 3 nitrogen and oxygen atoms in total. The number of carbonyl (C=O) groups is 1. The summed E-state index contributed by atoms with van der Waals surface area (Å²) >= 11 is 0. The second-order valence-electron chi connectivity index (χ2n) is 5.30. The first-order valence-corrected chi connectivity index (χ1v) is 5.49. The van der Waals surface area contributed by atoms with Crippen LogP contribution in [0.1, 0.15) is 27.2 Å². The molecule has 0 bridgehead atoms. The van der Waals surface area contributed by atoms with Crippen molar-refractivity contribution in [3.8, 4) is 0 Å². The molecule has 4 heteroatoms.